The van der Waals surface area contributed by atoms with Crippen LogP contribution in [0.3, 0.4) is 0 Å². The molecule has 6 N–H and O–H groups in total. The van der Waals surface area contributed by atoms with Gasteiger partial charge < -0.3 is 59.1 Å². The molecule has 3 aliphatic heterocycles. The molecule has 0 aromatic carbocycles. The number of allylic oxidation sites excluding steroid dienone is 6. The highest BCUT2D eigenvalue weighted by Gasteiger charge is 2.52. The summed E-state index contributed by atoms with van der Waals surface area (Å²) in [5, 5.41) is 67.3. The van der Waals surface area contributed by atoms with Crippen molar-refractivity contribution in [2.24, 2.45) is 35.5 Å². The van der Waals surface area contributed by atoms with Crippen LogP contribution in [0, 0.1) is 35.5 Å². The van der Waals surface area contributed by atoms with Crippen molar-refractivity contribution in [3.63, 3.8) is 0 Å². The van der Waals surface area contributed by atoms with Gasteiger partial charge in [0.05, 0.1) is 49.8 Å². The molecule has 0 saturated carbocycles. The number of esters is 1. The number of carbonyl (C=O) groups excluding carboxylic acids is 1. The molecular weight excluding hydrogens is 736 g/mol. The molecule has 13 nitrogen and oxygen atoms in total. The van der Waals surface area contributed by atoms with Gasteiger partial charge in [-0.1, -0.05) is 89.1 Å². The van der Waals surface area contributed by atoms with Crippen LogP contribution in [0.4, 0.5) is 0 Å². The number of aliphatic hydroxyl groups is 6. The zero-order chi connectivity index (χ0) is 42.9. The van der Waals surface area contributed by atoms with E-state index in [0.29, 0.717) is 12.0 Å². The van der Waals surface area contributed by atoms with Crippen LogP contribution < -0.4 is 0 Å². The van der Waals surface area contributed by atoms with Crippen molar-refractivity contribution in [2.45, 2.75) is 162 Å². The van der Waals surface area contributed by atoms with Crippen LogP contribution in [0.15, 0.2) is 59.4 Å². The topological polar surface area (TPSA) is 194 Å². The van der Waals surface area contributed by atoms with E-state index in [4.69, 9.17) is 28.4 Å². The lowest BCUT2D eigenvalue weighted by Crippen LogP contribution is -2.59. The molecule has 3 rings (SSSR count). The molecule has 0 aromatic heterocycles. The van der Waals surface area contributed by atoms with Gasteiger partial charge in [0.25, 0.3) is 0 Å². The molecule has 326 valence electrons. The smallest absolute Gasteiger partial charge is 0.373 e. The average molecular weight is 809 g/mol. The molecule has 14 unspecified atom stereocenters. The molecule has 0 aliphatic carbocycles. The Kier molecular flexibility index (Phi) is 18.6. The van der Waals surface area contributed by atoms with E-state index in [1.807, 2.05) is 65.8 Å². The summed E-state index contributed by atoms with van der Waals surface area (Å²) < 4.78 is 36.1. The summed E-state index contributed by atoms with van der Waals surface area (Å²) >= 11 is 0. The number of ether oxygens (including phenoxy) is 6. The van der Waals surface area contributed by atoms with Crippen molar-refractivity contribution in [3.05, 3.63) is 59.4 Å². The lowest BCUT2D eigenvalue weighted by Gasteiger charge is -2.49. The Bertz CT molecular complexity index is 1430. The second-order valence-electron chi connectivity index (χ2n) is 16.9. The summed E-state index contributed by atoms with van der Waals surface area (Å²) in [4.78, 5) is 13.9. The summed E-state index contributed by atoms with van der Waals surface area (Å²) in [6.45, 7) is 18.1. The van der Waals surface area contributed by atoms with Gasteiger partial charge in [0.15, 0.2) is 12.1 Å². The van der Waals surface area contributed by atoms with E-state index in [9.17, 15) is 35.4 Å². The minimum atomic E-state index is -1.93. The Labute approximate surface area is 340 Å². The third-order valence-corrected chi connectivity index (χ3v) is 12.3. The first-order valence-electron chi connectivity index (χ1n) is 20.4. The molecule has 18 atom stereocenters. The van der Waals surface area contributed by atoms with Crippen LogP contribution >= 0.6 is 0 Å². The molecule has 0 aromatic rings. The van der Waals surface area contributed by atoms with Gasteiger partial charge in [-0.15, -0.1) is 0 Å². The Morgan fingerprint density at radius 2 is 1.65 bits per heavy atom. The lowest BCUT2D eigenvalue weighted by atomic mass is 9.77. The Balaban J connectivity index is 2.01. The first kappa shape index (κ1) is 48.9. The number of carbonyl (C=O) groups is 1. The van der Waals surface area contributed by atoms with Gasteiger partial charge in [-0.25, -0.2) is 4.79 Å². The number of hydrogen-bond donors (Lipinski definition) is 6. The van der Waals surface area contributed by atoms with Crippen molar-refractivity contribution in [3.8, 4) is 0 Å². The van der Waals surface area contributed by atoms with Crippen LogP contribution in [0.25, 0.3) is 0 Å². The van der Waals surface area contributed by atoms with Crippen LogP contribution in [-0.2, 0) is 33.2 Å². The molecule has 57 heavy (non-hydrogen) atoms. The predicted octanol–water partition coefficient (Wildman–Crippen LogP) is 4.49. The molecule has 0 radical (unpaired) electrons. The Morgan fingerprint density at radius 1 is 0.982 bits per heavy atom. The highest BCUT2D eigenvalue weighted by atomic mass is 16.7. The summed E-state index contributed by atoms with van der Waals surface area (Å²) in [6.07, 6.45) is 3.15. The van der Waals surface area contributed by atoms with Gasteiger partial charge in [-0.05, 0) is 46.1 Å². The lowest BCUT2D eigenvalue weighted by molar-refractivity contribution is -0.339. The Hall–Kier alpha value is -2.43. The fourth-order valence-corrected chi connectivity index (χ4v) is 8.34. The second kappa shape index (κ2) is 21.7. The van der Waals surface area contributed by atoms with Crippen molar-refractivity contribution < 1.29 is 63.9 Å². The van der Waals surface area contributed by atoms with E-state index in [0.717, 1.165) is 5.57 Å². The van der Waals surface area contributed by atoms with E-state index >= 15 is 0 Å². The molecule has 0 amide bonds. The van der Waals surface area contributed by atoms with Crippen molar-refractivity contribution in [1.29, 1.82) is 0 Å². The van der Waals surface area contributed by atoms with Gasteiger partial charge in [0.1, 0.15) is 18.3 Å². The molecular formula is C44H72O13. The van der Waals surface area contributed by atoms with Crippen LogP contribution in [0.5, 0.6) is 0 Å². The fourth-order valence-electron chi connectivity index (χ4n) is 8.34. The second-order valence-corrected chi connectivity index (χ2v) is 16.9. The molecule has 2 saturated heterocycles. The van der Waals surface area contributed by atoms with Crippen molar-refractivity contribution in [2.75, 3.05) is 14.2 Å². The number of hydrogen-bond acceptors (Lipinski definition) is 13. The first-order valence-corrected chi connectivity index (χ1v) is 20.4. The maximum Gasteiger partial charge on any atom is 0.373 e. The van der Waals surface area contributed by atoms with Crippen LogP contribution in [0.1, 0.15) is 88.5 Å². The predicted molar refractivity (Wildman–Crippen MR) is 215 cm³/mol. The quantitative estimate of drug-likeness (QED) is 0.141. The Morgan fingerprint density at radius 3 is 2.25 bits per heavy atom. The minimum absolute atomic E-state index is 0.0413. The van der Waals surface area contributed by atoms with E-state index in [2.05, 4.69) is 0 Å². The molecule has 0 bridgehead atoms. The largest absolute Gasteiger partial charge is 0.490 e. The summed E-state index contributed by atoms with van der Waals surface area (Å²) in [6, 6.07) is 0. The first-order chi connectivity index (χ1) is 26.7. The normalized spacial score (nSPS) is 44.5. The van der Waals surface area contributed by atoms with Crippen molar-refractivity contribution >= 4 is 5.97 Å². The molecule has 0 spiro atoms. The van der Waals surface area contributed by atoms with Crippen LogP contribution in [0.2, 0.25) is 0 Å². The van der Waals surface area contributed by atoms with Gasteiger partial charge in [0, 0.05) is 49.5 Å². The fraction of sp³-hybridized carbons (Fsp3) is 0.750. The molecule has 2 fully saturated rings. The molecule has 13 heteroatoms. The van der Waals surface area contributed by atoms with Crippen LogP contribution in [-0.4, -0.2) is 124 Å². The van der Waals surface area contributed by atoms with E-state index in [1.165, 1.54) is 20.3 Å². The van der Waals surface area contributed by atoms with Gasteiger partial charge >= 0.3 is 5.97 Å². The van der Waals surface area contributed by atoms with E-state index in [-0.39, 0.29) is 36.4 Å². The number of aliphatic hydroxyl groups excluding tert-OH is 5. The van der Waals surface area contributed by atoms with E-state index < -0.39 is 96.8 Å². The monoisotopic (exact) mass is 808 g/mol. The molecule has 3 aliphatic rings. The van der Waals surface area contributed by atoms with Gasteiger partial charge in [-0.2, -0.15) is 0 Å². The number of methoxy groups -OCH3 is 2. The summed E-state index contributed by atoms with van der Waals surface area (Å²) in [5.74, 6) is -5.84. The van der Waals surface area contributed by atoms with Gasteiger partial charge in [0.2, 0.25) is 5.76 Å². The minimum Gasteiger partial charge on any atom is -0.490 e. The molecule has 3 heterocycles. The highest BCUT2D eigenvalue weighted by Crippen LogP contribution is 2.42. The van der Waals surface area contributed by atoms with Crippen molar-refractivity contribution in [1.82, 2.24) is 0 Å². The average Bonchev–Trinajstić information content (AvgIpc) is 3.16. The summed E-state index contributed by atoms with van der Waals surface area (Å²) in [5.41, 5.74) is 1.60. The zero-order valence-corrected chi connectivity index (χ0v) is 36.0. The number of cyclic esters (lactones) is 1. The third-order valence-electron chi connectivity index (χ3n) is 12.3. The van der Waals surface area contributed by atoms with E-state index in [1.54, 1.807) is 39.8 Å². The maximum absolute atomic E-state index is 13.9. The standard InChI is InChI=1S/C44H72O13/c1-13-15-33-27(6)36(55-37-21-32(45)41(49)31(10)54-37)22-44(51,57-33)30(9)40(48)29(8)42-34(52-11)17-14-16-23(2)18-25(4)38(46)28(7)39(47)26(5)19-24(3)20-35(53-12)43(50)56-42/h13-17,19-20,25-34,36-42,45-49,51H,18,21-22H2,1-12H3/b15-13+,17-14+,23-16-,24-19-,35-20+/t25?,26?,27?,28?,29?,30?,31-,32-,33?,34?,36?,37-,38?,39?,40?,41-,42?,44?/m1/s1. The third kappa shape index (κ3) is 12.5. The SMILES string of the molecule is C/C=C/C1OC(O)(C(C)C(O)C(C)C2OC(=O)/C(OC)=C\C(C)=C/C(C)C(O)C(C)C(O)C(C)C/C(C)=C\C=C\C2OC)CC(O[C@@H]2C[C@@H](O)[C@H](O)[C@@H](C)O2)C1C. The van der Waals surface area contributed by atoms with Gasteiger partial charge in [-0.3, -0.25) is 0 Å². The zero-order valence-electron chi connectivity index (χ0n) is 36.0. The highest BCUT2D eigenvalue weighted by molar-refractivity contribution is 5.87. The number of rotatable bonds is 9. The maximum atomic E-state index is 13.9. The summed E-state index contributed by atoms with van der Waals surface area (Å²) in [7, 11) is 2.82.